The van der Waals surface area contributed by atoms with Crippen LogP contribution in [0.1, 0.15) is 40.0 Å². The van der Waals surface area contributed by atoms with Crippen LogP contribution in [0.2, 0.25) is 17.1 Å². The summed E-state index contributed by atoms with van der Waals surface area (Å²) in [5.41, 5.74) is 0. The van der Waals surface area contributed by atoms with Crippen LogP contribution in [-0.4, -0.2) is 8.80 Å². The van der Waals surface area contributed by atoms with E-state index < -0.39 is 0 Å². The third kappa shape index (κ3) is 1.29. The molecule has 2 atom stereocenters. The molecule has 0 spiro atoms. The predicted molar refractivity (Wildman–Crippen MR) is 50.3 cm³/mol. The zero-order valence-electron chi connectivity index (χ0n) is 7.61. The third-order valence-electron chi connectivity index (χ3n) is 3.59. The lowest BCUT2D eigenvalue weighted by Gasteiger charge is -2.28. The van der Waals surface area contributed by atoms with Crippen molar-refractivity contribution >= 4 is 8.80 Å². The smallest absolute Gasteiger partial charge is 0.0426 e. The molecular formula is C9H20Si. The molecule has 0 amide bonds. The average Bonchev–Trinajstić information content (AvgIpc) is 2.32. The summed E-state index contributed by atoms with van der Waals surface area (Å²) < 4.78 is 0. The van der Waals surface area contributed by atoms with Crippen LogP contribution in [0, 0.1) is 0 Å². The van der Waals surface area contributed by atoms with Crippen LogP contribution in [0.15, 0.2) is 0 Å². The number of rotatable bonds is 2. The zero-order valence-corrected chi connectivity index (χ0v) is 8.77. The molecule has 0 aliphatic carbocycles. The van der Waals surface area contributed by atoms with E-state index in [0.717, 1.165) is 5.04 Å². The molecule has 1 saturated heterocycles. The van der Waals surface area contributed by atoms with Crippen LogP contribution >= 0.6 is 0 Å². The van der Waals surface area contributed by atoms with E-state index in [1.54, 1.807) is 6.04 Å². The average molecular weight is 156 g/mol. The Morgan fingerprint density at radius 2 is 2.10 bits per heavy atom. The number of hydrogen-bond donors (Lipinski definition) is 0. The molecule has 0 nitrogen and oxygen atoms in total. The van der Waals surface area contributed by atoms with Gasteiger partial charge in [0.05, 0.1) is 0 Å². The summed E-state index contributed by atoms with van der Waals surface area (Å²) >= 11 is 0. The molecule has 1 heterocycles. The van der Waals surface area contributed by atoms with Gasteiger partial charge < -0.3 is 0 Å². The van der Waals surface area contributed by atoms with Gasteiger partial charge >= 0.3 is 0 Å². The lowest BCUT2D eigenvalue weighted by atomic mass is 10.0. The van der Waals surface area contributed by atoms with Gasteiger partial charge in [0.1, 0.15) is 0 Å². The maximum Gasteiger partial charge on any atom is 0.0426 e. The van der Waals surface area contributed by atoms with Crippen molar-refractivity contribution < 1.29 is 0 Å². The fourth-order valence-electron chi connectivity index (χ4n) is 2.47. The van der Waals surface area contributed by atoms with Gasteiger partial charge in [-0.05, 0) is 5.04 Å². The van der Waals surface area contributed by atoms with Crippen LogP contribution in [0.4, 0.5) is 0 Å². The Balaban J connectivity index is 2.56. The minimum absolute atomic E-state index is 0.290. The van der Waals surface area contributed by atoms with Crippen molar-refractivity contribution in [2.45, 2.75) is 57.2 Å². The summed E-state index contributed by atoms with van der Waals surface area (Å²) in [5, 5.41) is 0.842. The first-order chi connectivity index (χ1) is 4.73. The maximum atomic E-state index is 2.53. The minimum atomic E-state index is -0.290. The molecule has 10 heavy (non-hydrogen) atoms. The highest BCUT2D eigenvalue weighted by atomic mass is 28.3. The SMILES string of the molecule is CC[SiH]1CCCC1(C)CC. The van der Waals surface area contributed by atoms with Crippen molar-refractivity contribution in [2.75, 3.05) is 0 Å². The molecule has 60 valence electrons. The van der Waals surface area contributed by atoms with E-state index in [1.165, 1.54) is 25.3 Å². The Labute approximate surface area is 66.6 Å². The highest BCUT2D eigenvalue weighted by Crippen LogP contribution is 2.48. The van der Waals surface area contributed by atoms with Crippen molar-refractivity contribution in [3.8, 4) is 0 Å². The van der Waals surface area contributed by atoms with Crippen molar-refractivity contribution in [2.24, 2.45) is 0 Å². The molecule has 1 aliphatic heterocycles. The van der Waals surface area contributed by atoms with E-state index in [9.17, 15) is 0 Å². The van der Waals surface area contributed by atoms with E-state index >= 15 is 0 Å². The van der Waals surface area contributed by atoms with Crippen LogP contribution in [-0.2, 0) is 0 Å². The first kappa shape index (κ1) is 8.31. The topological polar surface area (TPSA) is 0 Å². The second kappa shape index (κ2) is 3.08. The summed E-state index contributed by atoms with van der Waals surface area (Å²) in [6.07, 6.45) is 4.51. The van der Waals surface area contributed by atoms with Gasteiger partial charge in [-0.3, -0.25) is 0 Å². The normalized spacial score (nSPS) is 40.5. The molecule has 0 aromatic heterocycles. The fourth-order valence-corrected chi connectivity index (χ4v) is 6.44. The van der Waals surface area contributed by atoms with Gasteiger partial charge in [-0.1, -0.05) is 52.1 Å². The standard InChI is InChI=1S/C9H20Si/c1-4-9(3)7-6-8-10(9)5-2/h10H,4-8H2,1-3H3. The van der Waals surface area contributed by atoms with E-state index in [2.05, 4.69) is 20.8 Å². The molecule has 0 aromatic carbocycles. The summed E-state index contributed by atoms with van der Waals surface area (Å²) in [5.74, 6) is 0. The lowest BCUT2D eigenvalue weighted by Crippen LogP contribution is -2.22. The van der Waals surface area contributed by atoms with E-state index in [4.69, 9.17) is 0 Å². The van der Waals surface area contributed by atoms with Crippen LogP contribution in [0.5, 0.6) is 0 Å². The minimum Gasteiger partial charge on any atom is -0.0680 e. The molecule has 0 aromatic rings. The Morgan fingerprint density at radius 1 is 1.40 bits per heavy atom. The second-order valence-corrected chi connectivity index (χ2v) is 8.19. The molecular weight excluding hydrogens is 136 g/mol. The molecule has 1 aliphatic rings. The molecule has 0 saturated carbocycles. The quantitative estimate of drug-likeness (QED) is 0.539. The van der Waals surface area contributed by atoms with E-state index in [0.29, 0.717) is 0 Å². The van der Waals surface area contributed by atoms with Gasteiger partial charge in [0.25, 0.3) is 0 Å². The predicted octanol–water partition coefficient (Wildman–Crippen LogP) is 3.20. The molecule has 0 N–H and O–H groups in total. The fraction of sp³-hybridized carbons (Fsp3) is 1.00. The van der Waals surface area contributed by atoms with E-state index in [-0.39, 0.29) is 8.80 Å². The maximum absolute atomic E-state index is 2.53. The Bertz CT molecular complexity index is 111. The van der Waals surface area contributed by atoms with Gasteiger partial charge in [0.2, 0.25) is 0 Å². The summed E-state index contributed by atoms with van der Waals surface area (Å²) in [4.78, 5) is 0. The van der Waals surface area contributed by atoms with Crippen LogP contribution < -0.4 is 0 Å². The van der Waals surface area contributed by atoms with Crippen LogP contribution in [0.25, 0.3) is 0 Å². The van der Waals surface area contributed by atoms with Crippen molar-refractivity contribution in [3.05, 3.63) is 0 Å². The third-order valence-corrected chi connectivity index (χ3v) is 8.35. The van der Waals surface area contributed by atoms with Gasteiger partial charge in [-0.2, -0.15) is 0 Å². The van der Waals surface area contributed by atoms with Gasteiger partial charge in [0, 0.05) is 8.80 Å². The highest BCUT2D eigenvalue weighted by Gasteiger charge is 2.36. The summed E-state index contributed by atoms with van der Waals surface area (Å²) in [7, 11) is -0.290. The lowest BCUT2D eigenvalue weighted by molar-refractivity contribution is 0.555. The Hall–Kier alpha value is 0.217. The first-order valence-corrected chi connectivity index (χ1v) is 6.94. The second-order valence-electron chi connectivity index (χ2n) is 4.00. The van der Waals surface area contributed by atoms with Gasteiger partial charge in [-0.25, -0.2) is 0 Å². The molecule has 2 unspecified atom stereocenters. The van der Waals surface area contributed by atoms with Crippen molar-refractivity contribution in [1.82, 2.24) is 0 Å². The molecule has 0 bridgehead atoms. The Morgan fingerprint density at radius 3 is 2.50 bits per heavy atom. The molecule has 0 radical (unpaired) electrons. The van der Waals surface area contributed by atoms with Gasteiger partial charge in [0.15, 0.2) is 0 Å². The Kier molecular flexibility index (Phi) is 2.56. The molecule has 1 fully saturated rings. The molecule has 1 rings (SSSR count). The number of hydrogen-bond acceptors (Lipinski definition) is 0. The summed E-state index contributed by atoms with van der Waals surface area (Å²) in [6, 6.07) is 3.16. The summed E-state index contributed by atoms with van der Waals surface area (Å²) in [6.45, 7) is 7.30. The van der Waals surface area contributed by atoms with Gasteiger partial charge in [-0.15, -0.1) is 0 Å². The van der Waals surface area contributed by atoms with Crippen molar-refractivity contribution in [3.63, 3.8) is 0 Å². The molecule has 1 heteroatoms. The monoisotopic (exact) mass is 156 g/mol. The van der Waals surface area contributed by atoms with E-state index in [1.807, 2.05) is 0 Å². The van der Waals surface area contributed by atoms with Crippen molar-refractivity contribution in [1.29, 1.82) is 0 Å². The highest BCUT2D eigenvalue weighted by molar-refractivity contribution is 6.63. The zero-order chi connectivity index (χ0) is 7.61. The van der Waals surface area contributed by atoms with Crippen LogP contribution in [0.3, 0.4) is 0 Å². The first-order valence-electron chi connectivity index (χ1n) is 4.73. The largest absolute Gasteiger partial charge is 0.0680 e.